The van der Waals surface area contributed by atoms with Crippen molar-refractivity contribution < 1.29 is 24.2 Å². The van der Waals surface area contributed by atoms with Gasteiger partial charge < -0.3 is 14.6 Å². The van der Waals surface area contributed by atoms with Gasteiger partial charge >= 0.3 is 5.97 Å². The maximum atomic E-state index is 13.6. The number of rotatable bonds is 4. The Morgan fingerprint density at radius 1 is 1.14 bits per heavy atom. The summed E-state index contributed by atoms with van der Waals surface area (Å²) in [6, 6.07) is 16.7. The molecule has 1 N–H and O–H groups in total. The molecule has 0 aromatic heterocycles. The fourth-order valence-electron chi connectivity index (χ4n) is 5.15. The maximum absolute atomic E-state index is 13.6. The van der Waals surface area contributed by atoms with Crippen molar-refractivity contribution in [1.82, 2.24) is 0 Å². The molecule has 0 radical (unpaired) electrons. The molecule has 4 atom stereocenters. The van der Waals surface area contributed by atoms with Crippen LogP contribution in [0.1, 0.15) is 25.0 Å². The average molecular weight is 380 g/mol. The van der Waals surface area contributed by atoms with E-state index in [1.54, 1.807) is 18.2 Å². The summed E-state index contributed by atoms with van der Waals surface area (Å²) in [6.45, 7) is 3.89. The van der Waals surface area contributed by atoms with Gasteiger partial charge in [0.05, 0.1) is 7.11 Å². The molecule has 4 rings (SSSR count). The molecule has 0 spiro atoms. The number of aliphatic hydroxyl groups is 1. The summed E-state index contributed by atoms with van der Waals surface area (Å²) < 4.78 is 11.4. The Morgan fingerprint density at radius 2 is 1.79 bits per heavy atom. The number of esters is 1. The van der Waals surface area contributed by atoms with Gasteiger partial charge in [0.1, 0.15) is 11.7 Å². The molecule has 5 nitrogen and oxygen atoms in total. The molecule has 1 saturated carbocycles. The van der Waals surface area contributed by atoms with Gasteiger partial charge in [-0.25, -0.2) is 0 Å². The number of Topliss-reactive ketones (excluding diaryl/α,β-unsaturated/α-hetero) is 1. The summed E-state index contributed by atoms with van der Waals surface area (Å²) in [7, 11) is 1.27. The molecule has 1 unspecified atom stereocenters. The minimum absolute atomic E-state index is 0.0971. The summed E-state index contributed by atoms with van der Waals surface area (Å²) in [4.78, 5) is 26.2. The largest absolute Gasteiger partial charge is 0.482 e. The van der Waals surface area contributed by atoms with Crippen LogP contribution in [0.2, 0.25) is 0 Å². The molecule has 2 aliphatic rings. The van der Waals surface area contributed by atoms with Crippen LogP contribution in [0.5, 0.6) is 5.75 Å². The lowest BCUT2D eigenvalue weighted by molar-refractivity contribution is -0.154. The standard InChI is InChI=1S/C23H24O5/c1-14(2)19-18(21(25)27-3)20(24)23(26)16-11-7-8-12-17(16)28-22(19,23)13-15-9-5-4-6-10-15/h4-12,14,18-19,26H,13H2,1-3H3/t18?,19-,22-,23-/m0/s1. The number of ketones is 1. The van der Waals surface area contributed by atoms with Gasteiger partial charge in [0.25, 0.3) is 0 Å². The first-order valence-electron chi connectivity index (χ1n) is 9.54. The zero-order valence-corrected chi connectivity index (χ0v) is 16.2. The van der Waals surface area contributed by atoms with Gasteiger partial charge in [-0.15, -0.1) is 0 Å². The highest BCUT2D eigenvalue weighted by Gasteiger charge is 2.77. The van der Waals surface area contributed by atoms with Gasteiger partial charge in [-0.3, -0.25) is 9.59 Å². The molecule has 2 aromatic rings. The fraction of sp³-hybridized carbons (Fsp3) is 0.391. The fourth-order valence-corrected chi connectivity index (χ4v) is 5.15. The van der Waals surface area contributed by atoms with Crippen molar-refractivity contribution in [3.8, 4) is 5.75 Å². The zero-order valence-electron chi connectivity index (χ0n) is 16.2. The van der Waals surface area contributed by atoms with Gasteiger partial charge in [-0.2, -0.15) is 0 Å². The molecular weight excluding hydrogens is 356 g/mol. The van der Waals surface area contributed by atoms with E-state index in [-0.39, 0.29) is 5.92 Å². The van der Waals surface area contributed by atoms with Crippen LogP contribution in [0.3, 0.4) is 0 Å². The summed E-state index contributed by atoms with van der Waals surface area (Å²) in [6.07, 6.45) is 0.307. The Kier molecular flexibility index (Phi) is 4.31. The summed E-state index contributed by atoms with van der Waals surface area (Å²) >= 11 is 0. The third-order valence-corrected chi connectivity index (χ3v) is 6.20. The van der Waals surface area contributed by atoms with Crippen molar-refractivity contribution in [1.29, 1.82) is 0 Å². The second-order valence-electron chi connectivity index (χ2n) is 8.00. The van der Waals surface area contributed by atoms with Crippen LogP contribution in [0, 0.1) is 17.8 Å². The average Bonchev–Trinajstić information content (AvgIpc) is 3.05. The lowest BCUT2D eigenvalue weighted by Crippen LogP contribution is -2.56. The number of methoxy groups -OCH3 is 1. The molecule has 2 aromatic carbocycles. The van der Waals surface area contributed by atoms with E-state index in [1.807, 2.05) is 50.2 Å². The highest BCUT2D eigenvalue weighted by molar-refractivity contribution is 6.08. The Morgan fingerprint density at radius 3 is 2.43 bits per heavy atom. The Bertz CT molecular complexity index is 922. The molecular formula is C23H24O5. The predicted octanol–water partition coefficient (Wildman–Crippen LogP) is 2.89. The van der Waals surface area contributed by atoms with Crippen LogP contribution >= 0.6 is 0 Å². The second kappa shape index (κ2) is 6.45. The molecule has 28 heavy (non-hydrogen) atoms. The minimum Gasteiger partial charge on any atom is -0.482 e. The SMILES string of the molecule is COC(=O)C1C(=O)[C@@]2(O)c3ccccc3O[C@@]2(Cc2ccccc2)[C@H]1C(C)C. The monoisotopic (exact) mass is 380 g/mol. The third kappa shape index (κ3) is 2.29. The van der Waals surface area contributed by atoms with Gasteiger partial charge in [-0.05, 0) is 17.5 Å². The van der Waals surface area contributed by atoms with Crippen molar-refractivity contribution in [3.63, 3.8) is 0 Å². The summed E-state index contributed by atoms with van der Waals surface area (Å²) in [5.41, 5.74) is -1.83. The topological polar surface area (TPSA) is 72.8 Å². The number of benzene rings is 2. The third-order valence-electron chi connectivity index (χ3n) is 6.20. The Hall–Kier alpha value is -2.66. The molecule has 0 amide bonds. The van der Waals surface area contributed by atoms with Crippen LogP contribution in [0.4, 0.5) is 0 Å². The first-order valence-corrected chi connectivity index (χ1v) is 9.54. The molecule has 0 saturated heterocycles. The van der Waals surface area contributed by atoms with Crippen molar-refractivity contribution in [2.24, 2.45) is 17.8 Å². The van der Waals surface area contributed by atoms with Gasteiger partial charge in [-0.1, -0.05) is 62.4 Å². The molecule has 0 bridgehead atoms. The number of carbonyl (C=O) groups excluding carboxylic acids is 2. The van der Waals surface area contributed by atoms with E-state index in [2.05, 4.69) is 0 Å². The minimum atomic E-state index is -1.91. The van der Waals surface area contributed by atoms with E-state index in [4.69, 9.17) is 9.47 Å². The number of ether oxygens (including phenoxy) is 2. The van der Waals surface area contributed by atoms with Crippen LogP contribution in [-0.2, 0) is 26.3 Å². The lowest BCUT2D eigenvalue weighted by Gasteiger charge is -2.40. The Labute approximate surface area is 164 Å². The van der Waals surface area contributed by atoms with Gasteiger partial charge in [0.2, 0.25) is 0 Å². The van der Waals surface area contributed by atoms with Crippen molar-refractivity contribution >= 4 is 11.8 Å². The normalized spacial score (nSPS) is 30.7. The zero-order chi connectivity index (χ0) is 20.1. The van der Waals surface area contributed by atoms with Crippen LogP contribution in [0.25, 0.3) is 0 Å². The van der Waals surface area contributed by atoms with Crippen LogP contribution in [-0.4, -0.2) is 29.6 Å². The van der Waals surface area contributed by atoms with E-state index in [0.717, 1.165) is 5.56 Å². The van der Waals surface area contributed by atoms with E-state index < -0.39 is 34.8 Å². The highest BCUT2D eigenvalue weighted by Crippen LogP contribution is 2.62. The number of hydrogen-bond donors (Lipinski definition) is 1. The van der Waals surface area contributed by atoms with Crippen LogP contribution in [0.15, 0.2) is 54.6 Å². The van der Waals surface area contributed by atoms with E-state index in [1.165, 1.54) is 7.11 Å². The number of para-hydroxylation sites is 1. The second-order valence-corrected chi connectivity index (χ2v) is 8.00. The van der Waals surface area contributed by atoms with Crippen molar-refractivity contribution in [2.75, 3.05) is 7.11 Å². The van der Waals surface area contributed by atoms with Crippen LogP contribution < -0.4 is 4.74 Å². The Balaban J connectivity index is 1.96. The smallest absolute Gasteiger partial charge is 0.316 e. The molecule has 1 aliphatic heterocycles. The molecule has 5 heteroatoms. The quantitative estimate of drug-likeness (QED) is 0.652. The predicted molar refractivity (Wildman–Crippen MR) is 103 cm³/mol. The van der Waals surface area contributed by atoms with E-state index >= 15 is 0 Å². The molecule has 1 aliphatic carbocycles. The van der Waals surface area contributed by atoms with Gasteiger partial charge in [0, 0.05) is 17.9 Å². The molecule has 146 valence electrons. The molecule has 1 heterocycles. The maximum Gasteiger partial charge on any atom is 0.316 e. The van der Waals surface area contributed by atoms with E-state index in [9.17, 15) is 14.7 Å². The van der Waals surface area contributed by atoms with E-state index in [0.29, 0.717) is 17.7 Å². The number of carbonyl (C=O) groups is 2. The summed E-state index contributed by atoms with van der Waals surface area (Å²) in [5.74, 6) is -2.39. The summed E-state index contributed by atoms with van der Waals surface area (Å²) in [5, 5.41) is 11.9. The van der Waals surface area contributed by atoms with Gasteiger partial charge in [0.15, 0.2) is 17.0 Å². The lowest BCUT2D eigenvalue weighted by atomic mass is 9.70. The number of hydrogen-bond acceptors (Lipinski definition) is 5. The first kappa shape index (κ1) is 18.7. The first-order chi connectivity index (χ1) is 13.4. The number of fused-ring (bicyclic) bond motifs is 3. The molecule has 1 fully saturated rings. The van der Waals surface area contributed by atoms with Crippen molar-refractivity contribution in [3.05, 3.63) is 65.7 Å². The highest BCUT2D eigenvalue weighted by atomic mass is 16.5. The van der Waals surface area contributed by atoms with Crippen molar-refractivity contribution in [2.45, 2.75) is 31.5 Å².